The van der Waals surface area contributed by atoms with Crippen LogP contribution in [-0.2, 0) is 0 Å². The van der Waals surface area contributed by atoms with Gasteiger partial charge < -0.3 is 0 Å². The lowest BCUT2D eigenvalue weighted by atomic mass is 9.33. The zero-order valence-electron chi connectivity index (χ0n) is 19.3. The molecule has 0 aromatic heterocycles. The van der Waals surface area contributed by atoms with Gasteiger partial charge in [0.2, 0.25) is 6.71 Å². The van der Waals surface area contributed by atoms with Gasteiger partial charge in [0.25, 0.3) is 0 Å². The van der Waals surface area contributed by atoms with Gasteiger partial charge >= 0.3 is 0 Å². The van der Waals surface area contributed by atoms with Gasteiger partial charge in [0, 0.05) is 0 Å². The highest BCUT2D eigenvalue weighted by Crippen LogP contribution is 2.16. The van der Waals surface area contributed by atoms with Crippen LogP contribution >= 0.6 is 0 Å². The highest BCUT2D eigenvalue weighted by Gasteiger charge is 2.30. The second-order valence-electron chi connectivity index (χ2n) is 8.83. The molecule has 3 rings (SSSR count). The topological polar surface area (TPSA) is 0 Å². The van der Waals surface area contributed by atoms with Crippen molar-refractivity contribution < 1.29 is 0 Å². The summed E-state index contributed by atoms with van der Waals surface area (Å²) >= 11 is 0. The molecule has 3 aromatic rings. The van der Waals surface area contributed by atoms with Crippen molar-refractivity contribution in [3.05, 3.63) is 93.0 Å². The molecule has 0 spiro atoms. The van der Waals surface area contributed by atoms with Crippen LogP contribution in [0.2, 0.25) is 0 Å². The fourth-order valence-electron chi connectivity index (χ4n) is 5.31. The highest BCUT2D eigenvalue weighted by molar-refractivity contribution is 6.97. The van der Waals surface area contributed by atoms with E-state index < -0.39 is 0 Å². The molecule has 0 unspecified atom stereocenters. The summed E-state index contributed by atoms with van der Waals surface area (Å²) in [7, 11) is 0. The lowest BCUT2D eigenvalue weighted by Crippen LogP contribution is -2.57. The second kappa shape index (κ2) is 8.07. The van der Waals surface area contributed by atoms with E-state index in [1.165, 1.54) is 66.5 Å². The Morgan fingerprint density at radius 3 is 1.07 bits per heavy atom. The van der Waals surface area contributed by atoms with E-state index in [9.17, 15) is 0 Å². The number of benzene rings is 3. The summed E-state index contributed by atoms with van der Waals surface area (Å²) < 4.78 is 0. The van der Waals surface area contributed by atoms with Crippen molar-refractivity contribution >= 4 is 29.2 Å². The van der Waals surface area contributed by atoms with E-state index in [4.69, 9.17) is 0 Å². The van der Waals surface area contributed by atoms with E-state index in [0.29, 0.717) is 0 Å². The Morgan fingerprint density at radius 1 is 0.517 bits per heavy atom. The van der Waals surface area contributed by atoms with Crippen LogP contribution in [-0.4, -0.2) is 6.71 Å². The van der Waals surface area contributed by atoms with Crippen LogP contribution < -0.4 is 16.4 Å². The molecule has 0 aliphatic rings. The molecule has 0 saturated carbocycles. The largest absolute Gasteiger partial charge is 0.243 e. The average Bonchev–Trinajstić information content (AvgIpc) is 2.58. The zero-order chi connectivity index (χ0) is 21.5. The van der Waals surface area contributed by atoms with E-state index in [1.807, 2.05) is 6.08 Å². The minimum Gasteiger partial charge on any atom is -0.0985 e. The number of aryl methyl sites for hydroxylation is 8. The van der Waals surface area contributed by atoms with Crippen molar-refractivity contribution in [3.8, 4) is 0 Å². The van der Waals surface area contributed by atoms with Gasteiger partial charge in [-0.2, -0.15) is 0 Å². The molecule has 3 aromatic carbocycles. The predicted molar refractivity (Wildman–Crippen MR) is 132 cm³/mol. The molecular formula is C28H33B. The summed E-state index contributed by atoms with van der Waals surface area (Å²) in [5.41, 5.74) is 16.3. The van der Waals surface area contributed by atoms with Gasteiger partial charge in [-0.3, -0.25) is 0 Å². The minimum absolute atomic E-state index is 0.232. The molecule has 0 aliphatic heterocycles. The Bertz CT molecular complexity index is 975. The zero-order valence-corrected chi connectivity index (χ0v) is 19.3. The first-order valence-corrected chi connectivity index (χ1v) is 10.5. The summed E-state index contributed by atoms with van der Waals surface area (Å²) in [4.78, 5) is 0. The molecule has 0 radical (unpaired) electrons. The lowest BCUT2D eigenvalue weighted by Gasteiger charge is -2.27. The standard InChI is InChI=1S/C28H33B/c1-10-25-15-23(8)28(24(9)16-25)29(26-19(4)11-17(2)12-20(26)5)27-21(6)13-18(3)14-22(27)7/h10-16H,1H2,2-9H3. The third kappa shape index (κ3) is 3.97. The first kappa shape index (κ1) is 21.2. The summed E-state index contributed by atoms with van der Waals surface area (Å²) in [6.45, 7) is 22.2. The molecule has 148 valence electrons. The smallest absolute Gasteiger partial charge is 0.0985 e. The van der Waals surface area contributed by atoms with Gasteiger partial charge in [0.1, 0.15) is 0 Å². The fourth-order valence-corrected chi connectivity index (χ4v) is 5.31. The van der Waals surface area contributed by atoms with Crippen LogP contribution in [0.1, 0.15) is 50.1 Å². The number of hydrogen-bond acceptors (Lipinski definition) is 0. The summed E-state index contributed by atoms with van der Waals surface area (Å²) in [5.74, 6) is 0. The van der Waals surface area contributed by atoms with Crippen LogP contribution in [0, 0.1) is 55.4 Å². The first-order chi connectivity index (χ1) is 13.6. The quantitative estimate of drug-likeness (QED) is 0.538. The Hall–Kier alpha value is -2.54. The van der Waals surface area contributed by atoms with Gasteiger partial charge in [-0.1, -0.05) is 110 Å². The van der Waals surface area contributed by atoms with E-state index >= 15 is 0 Å². The molecular weight excluding hydrogens is 347 g/mol. The van der Waals surface area contributed by atoms with Crippen molar-refractivity contribution in [3.63, 3.8) is 0 Å². The molecule has 29 heavy (non-hydrogen) atoms. The van der Waals surface area contributed by atoms with Crippen molar-refractivity contribution in [2.24, 2.45) is 0 Å². The van der Waals surface area contributed by atoms with Crippen molar-refractivity contribution in [2.75, 3.05) is 0 Å². The van der Waals surface area contributed by atoms with Crippen LogP contribution in [0.15, 0.2) is 43.0 Å². The monoisotopic (exact) mass is 380 g/mol. The van der Waals surface area contributed by atoms with Crippen LogP contribution in [0.3, 0.4) is 0 Å². The van der Waals surface area contributed by atoms with Gasteiger partial charge in [-0.25, -0.2) is 0 Å². The second-order valence-corrected chi connectivity index (χ2v) is 8.83. The number of hydrogen-bond donors (Lipinski definition) is 0. The molecule has 0 nitrogen and oxygen atoms in total. The summed E-state index contributed by atoms with van der Waals surface area (Å²) in [5, 5.41) is 0. The van der Waals surface area contributed by atoms with Crippen LogP contribution in [0.4, 0.5) is 0 Å². The fraction of sp³-hybridized carbons (Fsp3) is 0.286. The first-order valence-electron chi connectivity index (χ1n) is 10.5. The predicted octanol–water partition coefficient (Wildman–Crippen LogP) is 5.31. The van der Waals surface area contributed by atoms with Crippen molar-refractivity contribution in [1.29, 1.82) is 0 Å². The Balaban J connectivity index is 2.44. The maximum Gasteiger partial charge on any atom is 0.243 e. The molecule has 0 bridgehead atoms. The van der Waals surface area contributed by atoms with E-state index in [0.717, 1.165) is 0 Å². The minimum atomic E-state index is 0.232. The van der Waals surface area contributed by atoms with Gasteiger partial charge in [-0.15, -0.1) is 0 Å². The third-order valence-corrected chi connectivity index (χ3v) is 6.19. The Morgan fingerprint density at radius 2 is 0.793 bits per heavy atom. The van der Waals surface area contributed by atoms with Gasteiger partial charge in [-0.05, 0) is 61.0 Å². The molecule has 0 atom stereocenters. The van der Waals surface area contributed by atoms with E-state index in [-0.39, 0.29) is 6.71 Å². The molecule has 0 saturated heterocycles. The maximum absolute atomic E-state index is 3.98. The van der Waals surface area contributed by atoms with E-state index in [2.05, 4.69) is 98.4 Å². The van der Waals surface area contributed by atoms with Crippen LogP contribution in [0.5, 0.6) is 0 Å². The van der Waals surface area contributed by atoms with Gasteiger partial charge in [0.05, 0.1) is 0 Å². The SMILES string of the molecule is C=Cc1cc(C)c(B(c2c(C)cc(C)cc2C)c2c(C)cc(C)cc2C)c(C)c1. The molecule has 0 fully saturated rings. The highest BCUT2D eigenvalue weighted by atomic mass is 14.1. The summed E-state index contributed by atoms with van der Waals surface area (Å²) in [6, 6.07) is 13.9. The molecule has 0 N–H and O–H groups in total. The molecule has 0 aliphatic carbocycles. The maximum atomic E-state index is 3.98. The third-order valence-electron chi connectivity index (χ3n) is 6.19. The normalized spacial score (nSPS) is 10.9. The lowest BCUT2D eigenvalue weighted by molar-refractivity contribution is 1.33. The molecule has 0 heterocycles. The molecule has 0 amide bonds. The Labute approximate surface area is 177 Å². The average molecular weight is 380 g/mol. The molecule has 1 heteroatoms. The number of rotatable bonds is 4. The van der Waals surface area contributed by atoms with Gasteiger partial charge in [0.15, 0.2) is 0 Å². The van der Waals surface area contributed by atoms with Crippen molar-refractivity contribution in [1.82, 2.24) is 0 Å². The van der Waals surface area contributed by atoms with E-state index in [1.54, 1.807) is 0 Å². The summed E-state index contributed by atoms with van der Waals surface area (Å²) in [6.07, 6.45) is 1.95. The van der Waals surface area contributed by atoms with Crippen LogP contribution in [0.25, 0.3) is 6.08 Å². The Kier molecular flexibility index (Phi) is 5.89. The van der Waals surface area contributed by atoms with Crippen molar-refractivity contribution in [2.45, 2.75) is 55.4 Å².